The Bertz CT molecular complexity index is 740. The molecule has 0 radical (unpaired) electrons. The molecule has 3 rings (SSSR count). The van der Waals surface area contributed by atoms with Crippen molar-refractivity contribution in [3.05, 3.63) is 42.5 Å². The highest BCUT2D eigenvalue weighted by Crippen LogP contribution is 2.37. The Hall–Kier alpha value is -1.09. The third-order valence-electron chi connectivity index (χ3n) is 5.25. The minimum Gasteiger partial charge on any atom is -0.479 e. The van der Waals surface area contributed by atoms with E-state index in [2.05, 4.69) is 30.3 Å². The number of carboxylic acids is 1. The molecular formula is C21H27O3PS. The summed E-state index contributed by atoms with van der Waals surface area (Å²) in [5.74, 6) is -0.689. The summed E-state index contributed by atoms with van der Waals surface area (Å²) in [6.45, 7) is 0. The number of hydrogen-bond acceptors (Lipinski definition) is 3. The lowest BCUT2D eigenvalue weighted by Gasteiger charge is -2.30. The molecule has 0 aromatic heterocycles. The average molecular weight is 390 g/mol. The highest BCUT2D eigenvalue weighted by atomic mass is 32.2. The second kappa shape index (κ2) is 9.21. The van der Waals surface area contributed by atoms with Crippen LogP contribution in [0.1, 0.15) is 38.5 Å². The lowest BCUT2D eigenvalue weighted by Crippen LogP contribution is -2.43. The number of rotatable bonds is 8. The highest BCUT2D eigenvalue weighted by Gasteiger charge is 2.38. The van der Waals surface area contributed by atoms with Crippen molar-refractivity contribution in [2.45, 2.75) is 49.0 Å². The van der Waals surface area contributed by atoms with Gasteiger partial charge in [0.15, 0.2) is 5.60 Å². The molecule has 0 spiro atoms. The predicted octanol–water partition coefficient (Wildman–Crippen LogP) is 5.35. The van der Waals surface area contributed by atoms with E-state index in [9.17, 15) is 15.0 Å². The van der Waals surface area contributed by atoms with Gasteiger partial charge in [0.05, 0.1) is 0 Å². The predicted molar refractivity (Wildman–Crippen MR) is 112 cm³/mol. The van der Waals surface area contributed by atoms with E-state index >= 15 is 0 Å². The maximum Gasteiger partial charge on any atom is 0.336 e. The van der Waals surface area contributed by atoms with Crippen molar-refractivity contribution in [1.82, 2.24) is 0 Å². The second-order valence-electron chi connectivity index (χ2n) is 7.24. The summed E-state index contributed by atoms with van der Waals surface area (Å²) in [4.78, 5) is 12.9. The Morgan fingerprint density at radius 2 is 1.85 bits per heavy atom. The van der Waals surface area contributed by atoms with Crippen LogP contribution < -0.4 is 0 Å². The third kappa shape index (κ3) is 5.00. The van der Waals surface area contributed by atoms with Crippen LogP contribution in [0.15, 0.2) is 47.4 Å². The van der Waals surface area contributed by atoms with Gasteiger partial charge in [0, 0.05) is 16.6 Å². The van der Waals surface area contributed by atoms with E-state index in [1.165, 1.54) is 34.9 Å². The number of aliphatic hydroxyl groups is 1. The van der Waals surface area contributed by atoms with E-state index in [-0.39, 0.29) is 0 Å². The first-order valence-electron chi connectivity index (χ1n) is 9.35. The Labute approximate surface area is 161 Å². The number of thioether (sulfide) groups is 1. The smallest absolute Gasteiger partial charge is 0.336 e. The maximum absolute atomic E-state index is 11.7. The Balaban J connectivity index is 1.55. The molecule has 26 heavy (non-hydrogen) atoms. The zero-order valence-electron chi connectivity index (χ0n) is 15.0. The Morgan fingerprint density at radius 3 is 2.62 bits per heavy atom. The number of benzene rings is 2. The zero-order chi connectivity index (χ0) is 18.4. The summed E-state index contributed by atoms with van der Waals surface area (Å²) in [6, 6.07) is 14.6. The summed E-state index contributed by atoms with van der Waals surface area (Å²) >= 11 is 1.76. The molecule has 5 heteroatoms. The normalized spacial score (nSPS) is 18.3. The van der Waals surface area contributed by atoms with Crippen LogP contribution in [0.2, 0.25) is 0 Å². The number of hydrogen-bond donors (Lipinski definition) is 2. The molecule has 2 aromatic rings. The molecule has 0 bridgehead atoms. The van der Waals surface area contributed by atoms with Crippen LogP contribution in [-0.4, -0.2) is 33.4 Å². The summed E-state index contributed by atoms with van der Waals surface area (Å²) < 4.78 is 0. The minimum atomic E-state index is -1.56. The molecule has 0 saturated heterocycles. The van der Waals surface area contributed by atoms with Gasteiger partial charge in [-0.3, -0.25) is 0 Å². The summed E-state index contributed by atoms with van der Waals surface area (Å²) in [6.07, 6.45) is 6.46. The van der Waals surface area contributed by atoms with E-state index in [4.69, 9.17) is 0 Å². The van der Waals surface area contributed by atoms with Crippen LogP contribution in [0.3, 0.4) is 0 Å². The molecule has 0 heterocycles. The number of carboxylic acid groups (broad SMARTS) is 1. The van der Waals surface area contributed by atoms with Gasteiger partial charge in [-0.25, -0.2) is 4.79 Å². The van der Waals surface area contributed by atoms with Gasteiger partial charge in [0.2, 0.25) is 0 Å². The molecule has 1 fully saturated rings. The summed E-state index contributed by atoms with van der Waals surface area (Å²) in [5.41, 5.74) is -0.714. The van der Waals surface area contributed by atoms with E-state index in [0.29, 0.717) is 27.1 Å². The van der Waals surface area contributed by atoms with Crippen LogP contribution in [0.5, 0.6) is 0 Å². The van der Waals surface area contributed by atoms with Gasteiger partial charge in [0.25, 0.3) is 0 Å². The van der Waals surface area contributed by atoms with Gasteiger partial charge >= 0.3 is 5.97 Å². The molecule has 0 amide bonds. The van der Waals surface area contributed by atoms with E-state index in [1.54, 1.807) is 11.8 Å². The average Bonchev–Trinajstić information content (AvgIpc) is 2.66. The second-order valence-corrected chi connectivity index (χ2v) is 9.97. The Kier molecular flexibility index (Phi) is 6.97. The van der Waals surface area contributed by atoms with E-state index in [0.717, 1.165) is 18.3 Å². The van der Waals surface area contributed by atoms with Crippen molar-refractivity contribution in [2.75, 3.05) is 11.7 Å². The largest absolute Gasteiger partial charge is 0.479 e. The van der Waals surface area contributed by atoms with Gasteiger partial charge in [-0.15, -0.1) is 20.3 Å². The van der Waals surface area contributed by atoms with Gasteiger partial charge in [-0.2, -0.15) is 0 Å². The highest BCUT2D eigenvalue weighted by molar-refractivity contribution is 8.03. The van der Waals surface area contributed by atoms with Gasteiger partial charge in [0.1, 0.15) is 0 Å². The Morgan fingerprint density at radius 1 is 1.12 bits per heavy atom. The van der Waals surface area contributed by atoms with Crippen LogP contribution in [-0.2, 0) is 4.79 Å². The topological polar surface area (TPSA) is 57.5 Å². The molecule has 2 N–H and O–H groups in total. The number of carbonyl (C=O) groups is 1. The van der Waals surface area contributed by atoms with Gasteiger partial charge < -0.3 is 10.2 Å². The van der Waals surface area contributed by atoms with Crippen molar-refractivity contribution in [3.63, 3.8) is 0 Å². The number of aliphatic carboxylic acids is 1. The van der Waals surface area contributed by atoms with Crippen molar-refractivity contribution >= 4 is 37.1 Å². The van der Waals surface area contributed by atoms with Crippen molar-refractivity contribution in [3.8, 4) is 0 Å². The van der Waals surface area contributed by atoms with Crippen molar-refractivity contribution in [1.29, 1.82) is 0 Å². The lowest BCUT2D eigenvalue weighted by molar-refractivity contribution is -0.158. The van der Waals surface area contributed by atoms with Gasteiger partial charge in [-0.05, 0) is 29.2 Å². The first kappa shape index (κ1) is 19.7. The van der Waals surface area contributed by atoms with E-state index in [1.807, 2.05) is 12.1 Å². The van der Waals surface area contributed by atoms with Gasteiger partial charge in [-0.1, -0.05) is 68.5 Å². The van der Waals surface area contributed by atoms with Crippen LogP contribution in [0, 0.1) is 5.92 Å². The minimum absolute atomic E-state index is 0.358. The molecule has 1 saturated carbocycles. The fraction of sp³-hybridized carbons (Fsp3) is 0.476. The first-order chi connectivity index (χ1) is 12.6. The fourth-order valence-electron chi connectivity index (χ4n) is 3.81. The molecule has 1 aliphatic rings. The van der Waals surface area contributed by atoms with Crippen LogP contribution in [0.4, 0.5) is 0 Å². The lowest BCUT2D eigenvalue weighted by atomic mass is 9.81. The fourth-order valence-corrected chi connectivity index (χ4v) is 6.48. The molecule has 2 aromatic carbocycles. The SMILES string of the molecule is O=C(O)C(O)(CPCSc1cccc2ccccc12)CC1CCCCC1. The number of fused-ring (bicyclic) bond motifs is 1. The third-order valence-corrected chi connectivity index (χ3v) is 8.14. The first-order valence-corrected chi connectivity index (χ1v) is 11.8. The van der Waals surface area contributed by atoms with Crippen LogP contribution >= 0.6 is 20.3 Å². The standard InChI is InChI=1S/C21H27O3PS/c22-20(23)21(24,13-16-7-2-1-3-8-16)14-25-15-26-19-12-6-10-17-9-4-5-11-18(17)19/h4-6,9-12,16,24-25H,1-3,7-8,13-15H2,(H,22,23). The van der Waals surface area contributed by atoms with Crippen molar-refractivity contribution < 1.29 is 15.0 Å². The molecule has 140 valence electrons. The summed E-state index contributed by atoms with van der Waals surface area (Å²) in [5, 5.41) is 22.7. The van der Waals surface area contributed by atoms with Crippen molar-refractivity contribution in [2.24, 2.45) is 5.92 Å². The molecule has 2 atom stereocenters. The quantitative estimate of drug-likeness (QED) is 0.362. The molecule has 1 aliphatic carbocycles. The molecular weight excluding hydrogens is 363 g/mol. The maximum atomic E-state index is 11.7. The summed E-state index contributed by atoms with van der Waals surface area (Å²) in [7, 11) is 0.426. The van der Waals surface area contributed by atoms with Crippen LogP contribution in [0.25, 0.3) is 10.8 Å². The zero-order valence-corrected chi connectivity index (χ0v) is 16.8. The molecule has 3 nitrogen and oxygen atoms in total. The van der Waals surface area contributed by atoms with E-state index < -0.39 is 11.6 Å². The molecule has 2 unspecified atom stereocenters. The molecule has 0 aliphatic heterocycles. The monoisotopic (exact) mass is 390 g/mol.